The van der Waals surface area contributed by atoms with Crippen LogP contribution in [0.25, 0.3) is 0 Å². The van der Waals surface area contributed by atoms with Gasteiger partial charge in [-0.05, 0) is 18.1 Å². The first-order valence-electron chi connectivity index (χ1n) is 7.22. The van der Waals surface area contributed by atoms with Crippen molar-refractivity contribution in [3.63, 3.8) is 0 Å². The zero-order chi connectivity index (χ0) is 14.8. The molecule has 112 valence electrons. The number of nitrogens with one attached hydrogen (secondary N) is 2. The van der Waals surface area contributed by atoms with Crippen LogP contribution in [0.2, 0.25) is 0 Å². The molecule has 6 nitrogen and oxygen atoms in total. The van der Waals surface area contributed by atoms with Gasteiger partial charge in [0.05, 0.1) is 24.6 Å². The second-order valence-corrected chi connectivity index (χ2v) is 5.65. The molecule has 1 aliphatic heterocycles. The molecule has 2 N–H and O–H groups in total. The molecule has 2 fully saturated rings. The van der Waals surface area contributed by atoms with Gasteiger partial charge in [0.2, 0.25) is 11.8 Å². The first kappa shape index (κ1) is 14.0. The molecule has 0 spiro atoms. The number of pyridine rings is 1. The molecule has 4 atom stereocenters. The van der Waals surface area contributed by atoms with Crippen LogP contribution in [0.1, 0.15) is 18.9 Å². The van der Waals surface area contributed by atoms with Crippen LogP contribution in [-0.2, 0) is 20.7 Å². The van der Waals surface area contributed by atoms with Gasteiger partial charge in [-0.3, -0.25) is 14.6 Å². The van der Waals surface area contributed by atoms with Crippen molar-refractivity contribution in [2.24, 2.45) is 5.92 Å². The Labute approximate surface area is 123 Å². The van der Waals surface area contributed by atoms with Crippen molar-refractivity contribution in [2.75, 3.05) is 6.61 Å². The van der Waals surface area contributed by atoms with E-state index < -0.39 is 0 Å². The number of nitrogens with zero attached hydrogens (tertiary/aromatic N) is 1. The van der Waals surface area contributed by atoms with Crippen molar-refractivity contribution in [3.8, 4) is 0 Å². The van der Waals surface area contributed by atoms with Crippen molar-refractivity contribution in [1.82, 2.24) is 15.6 Å². The highest BCUT2D eigenvalue weighted by Gasteiger charge is 2.54. The van der Waals surface area contributed by atoms with Crippen LogP contribution >= 0.6 is 0 Å². The monoisotopic (exact) mass is 289 g/mol. The SMILES string of the molecule is CC(=O)N[C@H]1[C@H](NC(=O)Cc2cccnc2)[C@@H]2CCO[C@@H]21. The zero-order valence-corrected chi connectivity index (χ0v) is 11.9. The highest BCUT2D eigenvalue weighted by Crippen LogP contribution is 2.39. The fourth-order valence-electron chi connectivity index (χ4n) is 3.24. The number of carbonyl (C=O) groups is 2. The van der Waals surface area contributed by atoms with Gasteiger partial charge in [-0.25, -0.2) is 0 Å². The third-order valence-corrected chi connectivity index (χ3v) is 4.17. The summed E-state index contributed by atoms with van der Waals surface area (Å²) in [7, 11) is 0. The number of fused-ring (bicyclic) bond motifs is 1. The predicted octanol–water partition coefficient (Wildman–Crippen LogP) is 0.0323. The van der Waals surface area contributed by atoms with Gasteiger partial charge in [-0.1, -0.05) is 6.07 Å². The summed E-state index contributed by atoms with van der Waals surface area (Å²) < 4.78 is 5.62. The molecular formula is C15H19N3O3. The molecule has 1 saturated heterocycles. The molecule has 1 aromatic rings. The smallest absolute Gasteiger partial charge is 0.224 e. The second-order valence-electron chi connectivity index (χ2n) is 5.65. The lowest BCUT2D eigenvalue weighted by atomic mass is 9.71. The third kappa shape index (κ3) is 2.90. The normalized spacial score (nSPS) is 30.1. The first-order valence-corrected chi connectivity index (χ1v) is 7.22. The lowest BCUT2D eigenvalue weighted by molar-refractivity contribution is -0.129. The molecule has 0 aromatic carbocycles. The Morgan fingerprint density at radius 1 is 1.38 bits per heavy atom. The van der Waals surface area contributed by atoms with E-state index in [1.165, 1.54) is 6.92 Å². The number of ether oxygens (including phenoxy) is 1. The minimum atomic E-state index is -0.118. The highest BCUT2D eigenvalue weighted by atomic mass is 16.5. The maximum absolute atomic E-state index is 12.1. The lowest BCUT2D eigenvalue weighted by Gasteiger charge is -2.47. The summed E-state index contributed by atoms with van der Waals surface area (Å²) in [4.78, 5) is 27.4. The van der Waals surface area contributed by atoms with Gasteiger partial charge < -0.3 is 15.4 Å². The number of aromatic nitrogens is 1. The molecule has 1 aliphatic carbocycles. The fourth-order valence-corrected chi connectivity index (χ4v) is 3.24. The summed E-state index contributed by atoms with van der Waals surface area (Å²) in [6.45, 7) is 2.18. The number of hydrogen-bond acceptors (Lipinski definition) is 4. The summed E-state index contributed by atoms with van der Waals surface area (Å²) in [6.07, 6.45) is 4.64. The van der Waals surface area contributed by atoms with Gasteiger partial charge in [0, 0.05) is 31.8 Å². The largest absolute Gasteiger partial charge is 0.376 e. The van der Waals surface area contributed by atoms with Gasteiger partial charge in [0.25, 0.3) is 0 Å². The number of carbonyl (C=O) groups excluding carboxylic acids is 2. The van der Waals surface area contributed by atoms with Gasteiger partial charge in [-0.2, -0.15) is 0 Å². The quantitative estimate of drug-likeness (QED) is 0.819. The summed E-state index contributed by atoms with van der Waals surface area (Å²) in [5.41, 5.74) is 0.879. The van der Waals surface area contributed by atoms with Gasteiger partial charge in [-0.15, -0.1) is 0 Å². The van der Waals surface area contributed by atoms with Crippen LogP contribution < -0.4 is 10.6 Å². The molecule has 2 aliphatic rings. The Hall–Kier alpha value is -1.95. The van der Waals surface area contributed by atoms with E-state index in [-0.39, 0.29) is 30.0 Å². The maximum atomic E-state index is 12.1. The number of amides is 2. The summed E-state index contributed by atoms with van der Waals surface area (Å²) >= 11 is 0. The molecule has 3 rings (SSSR count). The van der Waals surface area contributed by atoms with Crippen LogP contribution in [-0.4, -0.2) is 41.6 Å². The molecule has 0 radical (unpaired) electrons. The number of hydrogen-bond donors (Lipinski definition) is 2. The summed E-state index contributed by atoms with van der Waals surface area (Å²) in [6, 6.07) is 3.53. The van der Waals surface area contributed by atoms with Crippen LogP contribution in [0, 0.1) is 5.92 Å². The average molecular weight is 289 g/mol. The fraction of sp³-hybridized carbons (Fsp3) is 0.533. The molecular weight excluding hydrogens is 270 g/mol. The Balaban J connectivity index is 1.60. The van der Waals surface area contributed by atoms with Crippen molar-refractivity contribution >= 4 is 11.8 Å². The molecule has 0 unspecified atom stereocenters. The minimum absolute atomic E-state index is 0.0365. The van der Waals surface area contributed by atoms with E-state index in [4.69, 9.17) is 4.74 Å². The third-order valence-electron chi connectivity index (χ3n) is 4.17. The Kier molecular flexibility index (Phi) is 3.88. The van der Waals surface area contributed by atoms with Crippen LogP contribution in [0.5, 0.6) is 0 Å². The number of rotatable bonds is 4. The highest BCUT2D eigenvalue weighted by molar-refractivity contribution is 5.79. The van der Waals surface area contributed by atoms with Crippen LogP contribution in [0.15, 0.2) is 24.5 Å². The van der Waals surface area contributed by atoms with E-state index >= 15 is 0 Å². The van der Waals surface area contributed by atoms with E-state index in [1.54, 1.807) is 12.4 Å². The maximum Gasteiger partial charge on any atom is 0.224 e. The zero-order valence-electron chi connectivity index (χ0n) is 11.9. The van der Waals surface area contributed by atoms with E-state index in [0.717, 1.165) is 12.0 Å². The lowest BCUT2D eigenvalue weighted by Crippen LogP contribution is -2.70. The molecule has 21 heavy (non-hydrogen) atoms. The summed E-state index contributed by atoms with van der Waals surface area (Å²) in [5.74, 6) is 0.161. The Morgan fingerprint density at radius 2 is 2.24 bits per heavy atom. The average Bonchev–Trinajstić information content (AvgIpc) is 2.88. The van der Waals surface area contributed by atoms with Crippen molar-refractivity contribution in [1.29, 1.82) is 0 Å². The first-order chi connectivity index (χ1) is 10.1. The topological polar surface area (TPSA) is 80.3 Å². The molecule has 2 amide bonds. The van der Waals surface area contributed by atoms with E-state index in [9.17, 15) is 9.59 Å². The molecule has 1 aromatic heterocycles. The molecule has 1 saturated carbocycles. The van der Waals surface area contributed by atoms with E-state index in [0.29, 0.717) is 18.9 Å². The second kappa shape index (κ2) is 5.81. The predicted molar refractivity (Wildman–Crippen MR) is 75.3 cm³/mol. The van der Waals surface area contributed by atoms with E-state index in [2.05, 4.69) is 15.6 Å². The molecule has 2 heterocycles. The van der Waals surface area contributed by atoms with Crippen molar-refractivity contribution < 1.29 is 14.3 Å². The van der Waals surface area contributed by atoms with Crippen LogP contribution in [0.3, 0.4) is 0 Å². The Bertz CT molecular complexity index is 534. The Morgan fingerprint density at radius 3 is 2.95 bits per heavy atom. The standard InChI is InChI=1S/C15H19N3O3/c1-9(19)17-14-13(11-4-6-21-15(11)14)18-12(20)7-10-3-2-5-16-8-10/h2-3,5,8,11,13-15H,4,6-7H2,1H3,(H,17,19)(H,18,20)/t11-,13+,14-,15-/m0/s1. The van der Waals surface area contributed by atoms with Gasteiger partial charge in [0.1, 0.15) is 0 Å². The minimum Gasteiger partial charge on any atom is -0.376 e. The van der Waals surface area contributed by atoms with E-state index in [1.807, 2.05) is 12.1 Å². The molecule has 0 bridgehead atoms. The van der Waals surface area contributed by atoms with Crippen molar-refractivity contribution in [2.45, 2.75) is 38.0 Å². The van der Waals surface area contributed by atoms with Crippen LogP contribution in [0.4, 0.5) is 0 Å². The summed E-state index contributed by atoms with van der Waals surface area (Å²) in [5, 5.41) is 5.91. The van der Waals surface area contributed by atoms with Gasteiger partial charge >= 0.3 is 0 Å². The molecule has 6 heteroatoms. The van der Waals surface area contributed by atoms with Crippen molar-refractivity contribution in [3.05, 3.63) is 30.1 Å². The van der Waals surface area contributed by atoms with Gasteiger partial charge in [0.15, 0.2) is 0 Å².